The zero-order chi connectivity index (χ0) is 23.5. The van der Waals surface area contributed by atoms with E-state index in [0.29, 0.717) is 0 Å². The summed E-state index contributed by atoms with van der Waals surface area (Å²) < 4.78 is 30.6. The zero-order valence-corrected chi connectivity index (χ0v) is 19.6. The number of morpholine rings is 1. The molecule has 0 aromatic carbocycles. The Bertz CT molecular complexity index is 1040. The molecule has 0 aliphatic carbocycles. The van der Waals surface area contributed by atoms with Crippen LogP contribution in [0, 0.1) is 12.3 Å². The topological polar surface area (TPSA) is 140 Å². The molecule has 3 heterocycles. The summed E-state index contributed by atoms with van der Waals surface area (Å²) >= 11 is 0. The second-order valence-electron chi connectivity index (χ2n) is 9.67. The molecule has 31 heavy (non-hydrogen) atoms. The lowest BCUT2D eigenvalue weighted by molar-refractivity contribution is -0.180. The van der Waals surface area contributed by atoms with Crippen molar-refractivity contribution in [1.29, 1.82) is 0 Å². The van der Waals surface area contributed by atoms with E-state index in [4.69, 9.17) is 13.8 Å². The molecule has 5 atom stereocenters. The van der Waals surface area contributed by atoms with Crippen LogP contribution in [0.3, 0.4) is 0 Å². The number of H-pyrrole nitrogens is 1. The van der Waals surface area contributed by atoms with Crippen LogP contribution in [0.15, 0.2) is 15.8 Å². The van der Waals surface area contributed by atoms with Crippen LogP contribution in [0.4, 0.5) is 0 Å². The highest BCUT2D eigenvalue weighted by Crippen LogP contribution is 2.58. The number of likely N-dealkylation sites (tertiary alicyclic amines) is 1. The van der Waals surface area contributed by atoms with Crippen LogP contribution in [0.5, 0.6) is 0 Å². The van der Waals surface area contributed by atoms with E-state index < -0.39 is 60.5 Å². The Kier molecular flexibility index (Phi) is 5.91. The van der Waals surface area contributed by atoms with E-state index >= 15 is 0 Å². The maximum Gasteiger partial charge on any atom is 0.472 e. The fourth-order valence-corrected chi connectivity index (χ4v) is 5.53. The number of ether oxygens (including phenoxy) is 1. The summed E-state index contributed by atoms with van der Waals surface area (Å²) in [5.74, 6) is -0.410. The van der Waals surface area contributed by atoms with Crippen LogP contribution in [0.2, 0.25) is 0 Å². The van der Waals surface area contributed by atoms with Crippen LogP contribution >= 0.6 is 7.82 Å². The summed E-state index contributed by atoms with van der Waals surface area (Å²) in [5.41, 5.74) is -3.00. The Labute approximate surface area is 179 Å². The molecule has 0 spiro atoms. The number of rotatable bonds is 6. The molecular weight excluding hydrogens is 429 g/mol. The number of phosphoric acid groups is 1. The molecule has 1 aromatic rings. The Hall–Kier alpha value is -1.78. The smallest absolute Gasteiger partial charge is 0.336 e. The highest BCUT2D eigenvalue weighted by Gasteiger charge is 2.71. The first-order valence-corrected chi connectivity index (χ1v) is 11.5. The summed E-state index contributed by atoms with van der Waals surface area (Å²) in [5, 5.41) is 0. The van der Waals surface area contributed by atoms with Crippen molar-refractivity contribution in [3.63, 3.8) is 0 Å². The standard InChI is InChI=1S/C19H30N3O8P/c1-10(2)29-31(26,27)30-13-12-15(22-8-11(3)14(23)20-17(22)25)28-19(13,9-18(4,5)6)16(24)21(12)7/h8,10,12-13,15H,9H2,1-7H3,(H,26,27)(H,20,23,25)/t12?,13-,15-,19-/m1/s1. The summed E-state index contributed by atoms with van der Waals surface area (Å²) in [4.78, 5) is 51.4. The van der Waals surface area contributed by atoms with Crippen molar-refractivity contribution < 1.29 is 28.0 Å². The number of nitrogens with one attached hydrogen (secondary N) is 1. The van der Waals surface area contributed by atoms with Gasteiger partial charge in [0.15, 0.2) is 11.8 Å². The van der Waals surface area contributed by atoms with Gasteiger partial charge in [0.25, 0.3) is 11.5 Å². The van der Waals surface area contributed by atoms with Gasteiger partial charge in [0.2, 0.25) is 0 Å². The normalized spacial score (nSPS) is 30.3. The summed E-state index contributed by atoms with van der Waals surface area (Å²) in [6.45, 7) is 10.4. The van der Waals surface area contributed by atoms with Crippen molar-refractivity contribution in [2.75, 3.05) is 7.05 Å². The lowest BCUT2D eigenvalue weighted by atomic mass is 9.80. The van der Waals surface area contributed by atoms with Crippen LogP contribution in [0.25, 0.3) is 0 Å². The molecule has 2 aliphatic heterocycles. The largest absolute Gasteiger partial charge is 0.472 e. The monoisotopic (exact) mass is 459 g/mol. The van der Waals surface area contributed by atoms with Gasteiger partial charge in [0, 0.05) is 18.8 Å². The van der Waals surface area contributed by atoms with Crippen LogP contribution in [-0.2, 0) is 23.1 Å². The van der Waals surface area contributed by atoms with E-state index in [1.165, 1.54) is 29.6 Å². The first-order chi connectivity index (χ1) is 14.1. The number of hydrogen-bond donors (Lipinski definition) is 2. The predicted molar refractivity (Wildman–Crippen MR) is 110 cm³/mol. The average molecular weight is 459 g/mol. The number of amides is 1. The highest BCUT2D eigenvalue weighted by atomic mass is 31.2. The molecule has 0 radical (unpaired) electrons. The maximum absolute atomic E-state index is 13.2. The van der Waals surface area contributed by atoms with Gasteiger partial charge in [0.1, 0.15) is 12.1 Å². The van der Waals surface area contributed by atoms with E-state index in [-0.39, 0.29) is 12.0 Å². The molecule has 12 heteroatoms. The van der Waals surface area contributed by atoms with Crippen LogP contribution in [0.1, 0.15) is 52.8 Å². The number of nitrogens with zero attached hydrogens (tertiary/aromatic N) is 2. The number of carbonyl (C=O) groups is 1. The molecule has 1 aromatic heterocycles. The van der Waals surface area contributed by atoms with E-state index in [9.17, 15) is 23.8 Å². The maximum atomic E-state index is 13.2. The Balaban J connectivity index is 2.13. The SMILES string of the molecule is Cc1cn([C@@H]2O[C@@]3(CC(C)(C)C)C(=O)N(C)C2[C@H]3OP(=O)(O)OC(C)C)c(=O)[nH]c1=O. The van der Waals surface area contributed by atoms with Gasteiger partial charge in [-0.2, -0.15) is 0 Å². The molecule has 174 valence electrons. The molecular formula is C19H30N3O8P. The van der Waals surface area contributed by atoms with Gasteiger partial charge in [-0.3, -0.25) is 28.2 Å². The van der Waals surface area contributed by atoms with E-state index in [1.807, 2.05) is 20.8 Å². The van der Waals surface area contributed by atoms with Gasteiger partial charge < -0.3 is 14.5 Å². The second kappa shape index (κ2) is 7.67. The number of aromatic nitrogens is 2. The second-order valence-corrected chi connectivity index (χ2v) is 11.0. The number of aromatic amines is 1. The molecule has 2 unspecified atom stereocenters. The minimum atomic E-state index is -4.55. The third-order valence-electron chi connectivity index (χ3n) is 5.33. The Morgan fingerprint density at radius 3 is 2.48 bits per heavy atom. The first-order valence-electron chi connectivity index (χ1n) is 10.0. The summed E-state index contributed by atoms with van der Waals surface area (Å²) in [7, 11) is -3.02. The van der Waals surface area contributed by atoms with E-state index in [1.54, 1.807) is 13.8 Å². The molecule has 0 saturated carbocycles. The molecule has 2 aliphatic rings. The van der Waals surface area contributed by atoms with E-state index in [2.05, 4.69) is 4.98 Å². The Morgan fingerprint density at radius 1 is 1.32 bits per heavy atom. The molecule has 2 saturated heterocycles. The molecule has 3 rings (SSSR count). The lowest BCUT2D eigenvalue weighted by Crippen LogP contribution is -2.52. The summed E-state index contributed by atoms with van der Waals surface area (Å²) in [6.07, 6.45) is -1.29. The van der Waals surface area contributed by atoms with Crippen molar-refractivity contribution >= 4 is 13.7 Å². The third kappa shape index (κ3) is 4.29. The number of likely N-dealkylation sites (N-methyl/N-ethyl adjacent to an activating group) is 1. The fourth-order valence-electron chi connectivity index (χ4n) is 4.36. The zero-order valence-electron chi connectivity index (χ0n) is 18.7. The molecule has 11 nitrogen and oxygen atoms in total. The molecule has 2 N–H and O–H groups in total. The quantitative estimate of drug-likeness (QED) is 0.607. The van der Waals surface area contributed by atoms with Crippen molar-refractivity contribution in [1.82, 2.24) is 14.5 Å². The molecule has 1 amide bonds. The molecule has 2 fully saturated rings. The van der Waals surface area contributed by atoms with Gasteiger partial charge in [-0.1, -0.05) is 20.8 Å². The molecule has 2 bridgehead atoms. The van der Waals surface area contributed by atoms with Crippen molar-refractivity contribution in [2.24, 2.45) is 5.41 Å². The van der Waals surface area contributed by atoms with Gasteiger partial charge >= 0.3 is 13.5 Å². The van der Waals surface area contributed by atoms with Gasteiger partial charge in [0.05, 0.1) is 6.10 Å². The Morgan fingerprint density at radius 2 is 1.94 bits per heavy atom. The number of aryl methyl sites for hydroxylation is 1. The number of fused-ring (bicyclic) bond motifs is 2. The van der Waals surface area contributed by atoms with Gasteiger partial charge in [-0.05, 0) is 32.6 Å². The van der Waals surface area contributed by atoms with Crippen molar-refractivity contribution in [2.45, 2.75) is 78.0 Å². The lowest BCUT2D eigenvalue weighted by Gasteiger charge is -2.38. The number of phosphoric ester groups is 1. The van der Waals surface area contributed by atoms with Crippen molar-refractivity contribution in [3.05, 3.63) is 32.6 Å². The predicted octanol–water partition coefficient (Wildman–Crippen LogP) is 1.30. The van der Waals surface area contributed by atoms with E-state index in [0.717, 1.165) is 0 Å². The fraction of sp³-hybridized carbons (Fsp3) is 0.737. The van der Waals surface area contributed by atoms with Crippen molar-refractivity contribution in [3.8, 4) is 0 Å². The van der Waals surface area contributed by atoms with Gasteiger partial charge in [-0.15, -0.1) is 0 Å². The number of hydrogen-bond acceptors (Lipinski definition) is 7. The highest BCUT2D eigenvalue weighted by molar-refractivity contribution is 7.47. The minimum absolute atomic E-state index is 0.166. The van der Waals surface area contributed by atoms with Crippen LogP contribution < -0.4 is 11.2 Å². The van der Waals surface area contributed by atoms with Crippen LogP contribution in [-0.4, -0.2) is 56.2 Å². The first kappa shape index (κ1) is 23.9. The minimum Gasteiger partial charge on any atom is -0.336 e. The third-order valence-corrected chi connectivity index (χ3v) is 6.51. The average Bonchev–Trinajstić information content (AvgIpc) is 2.95. The number of carbonyl (C=O) groups excluding carboxylic acids is 1. The van der Waals surface area contributed by atoms with Gasteiger partial charge in [-0.25, -0.2) is 9.36 Å². The summed E-state index contributed by atoms with van der Waals surface area (Å²) in [6, 6.07) is -0.894.